The Balaban J connectivity index is 1.76. The first-order chi connectivity index (χ1) is 8.86. The van der Waals surface area contributed by atoms with Gasteiger partial charge in [0.2, 0.25) is 0 Å². The van der Waals surface area contributed by atoms with Crippen molar-refractivity contribution in [3.05, 3.63) is 24.3 Å². The van der Waals surface area contributed by atoms with Crippen molar-refractivity contribution in [3.8, 4) is 0 Å². The first-order valence-electron chi connectivity index (χ1n) is 7.07. The predicted molar refractivity (Wildman–Crippen MR) is 70.8 cm³/mol. The van der Waals surface area contributed by atoms with Gasteiger partial charge in [-0.05, 0) is 37.2 Å². The fourth-order valence-electron chi connectivity index (χ4n) is 3.68. The lowest BCUT2D eigenvalue weighted by molar-refractivity contribution is 0.0537. The number of nitrogens with zero attached hydrogens (tertiary/aromatic N) is 3. The summed E-state index contributed by atoms with van der Waals surface area (Å²) in [6, 6.07) is 2.28. The maximum atomic E-state index is 5.98. The van der Waals surface area contributed by atoms with Crippen LogP contribution in [0.2, 0.25) is 0 Å². The number of rotatable bonds is 3. The zero-order valence-electron chi connectivity index (χ0n) is 10.8. The van der Waals surface area contributed by atoms with E-state index in [9.17, 15) is 0 Å². The molecule has 3 unspecified atom stereocenters. The van der Waals surface area contributed by atoms with Crippen LogP contribution in [-0.2, 0) is 0 Å². The summed E-state index contributed by atoms with van der Waals surface area (Å²) in [4.78, 5) is 10.9. The maximum Gasteiger partial charge on any atom is 0.115 e. The molecule has 0 aromatic carbocycles. The largest absolute Gasteiger partial charge is 0.329 e. The third-order valence-corrected chi connectivity index (χ3v) is 4.49. The van der Waals surface area contributed by atoms with Crippen LogP contribution in [-0.4, -0.2) is 34.5 Å². The molecule has 2 N–H and O–H groups in total. The molecule has 1 saturated carbocycles. The smallest absolute Gasteiger partial charge is 0.115 e. The number of hydrogen-bond donors (Lipinski definition) is 1. The Hall–Kier alpha value is -1.00. The number of fused-ring (bicyclic) bond motifs is 2. The Morgan fingerprint density at radius 2 is 2.11 bits per heavy atom. The van der Waals surface area contributed by atoms with Gasteiger partial charge in [0.1, 0.15) is 6.33 Å². The molecule has 0 amide bonds. The Kier molecular flexibility index (Phi) is 3.57. The molecule has 1 saturated heterocycles. The van der Waals surface area contributed by atoms with Crippen molar-refractivity contribution < 1.29 is 0 Å². The van der Waals surface area contributed by atoms with Crippen LogP contribution in [0.5, 0.6) is 0 Å². The quantitative estimate of drug-likeness (QED) is 0.880. The Morgan fingerprint density at radius 3 is 2.72 bits per heavy atom. The summed E-state index contributed by atoms with van der Waals surface area (Å²) in [7, 11) is 0. The Bertz CT molecular complexity index is 369. The summed E-state index contributed by atoms with van der Waals surface area (Å²) in [6.07, 6.45) is 9.09. The molecule has 98 valence electrons. The normalized spacial score (nSPS) is 30.1. The highest BCUT2D eigenvalue weighted by atomic mass is 15.2. The number of hydrogen-bond acceptors (Lipinski definition) is 4. The van der Waals surface area contributed by atoms with Crippen LogP contribution in [0.25, 0.3) is 0 Å². The number of nitrogens with two attached hydrogens (primary N) is 1. The van der Waals surface area contributed by atoms with Crippen LogP contribution in [0.15, 0.2) is 18.6 Å². The summed E-state index contributed by atoms with van der Waals surface area (Å²) in [5.74, 6) is 1.77. The molecule has 0 spiro atoms. The molecular formula is C14H22N4. The molecule has 1 aromatic rings. The second kappa shape index (κ2) is 5.33. The molecule has 2 bridgehead atoms. The summed E-state index contributed by atoms with van der Waals surface area (Å²) in [6.45, 7) is 3.04. The lowest BCUT2D eigenvalue weighted by Gasteiger charge is -2.44. The SMILES string of the molecule is NCC(c1ccncn1)N1CC2CCCC(C2)C1. The van der Waals surface area contributed by atoms with Crippen molar-refractivity contribution in [3.63, 3.8) is 0 Å². The number of piperidine rings is 1. The number of likely N-dealkylation sites (tertiary alicyclic amines) is 1. The van der Waals surface area contributed by atoms with Gasteiger partial charge in [0, 0.05) is 25.8 Å². The van der Waals surface area contributed by atoms with E-state index in [4.69, 9.17) is 5.73 Å². The van der Waals surface area contributed by atoms with Crippen LogP contribution < -0.4 is 5.73 Å². The van der Waals surface area contributed by atoms with Gasteiger partial charge in [0.05, 0.1) is 11.7 Å². The van der Waals surface area contributed by atoms with E-state index in [0.717, 1.165) is 17.5 Å². The van der Waals surface area contributed by atoms with Gasteiger partial charge in [-0.3, -0.25) is 4.90 Å². The van der Waals surface area contributed by atoms with E-state index in [2.05, 4.69) is 14.9 Å². The molecule has 1 aliphatic heterocycles. The molecule has 2 heterocycles. The number of aromatic nitrogens is 2. The topological polar surface area (TPSA) is 55.0 Å². The van der Waals surface area contributed by atoms with Crippen molar-refractivity contribution in [2.24, 2.45) is 17.6 Å². The average Bonchev–Trinajstić information content (AvgIpc) is 2.40. The third kappa shape index (κ3) is 2.40. The van der Waals surface area contributed by atoms with Crippen molar-refractivity contribution in [1.82, 2.24) is 14.9 Å². The van der Waals surface area contributed by atoms with Crippen LogP contribution >= 0.6 is 0 Å². The van der Waals surface area contributed by atoms with Crippen molar-refractivity contribution >= 4 is 0 Å². The molecule has 1 aromatic heterocycles. The Morgan fingerprint density at radius 1 is 1.33 bits per heavy atom. The van der Waals surface area contributed by atoms with Crippen molar-refractivity contribution in [2.75, 3.05) is 19.6 Å². The van der Waals surface area contributed by atoms with Gasteiger partial charge >= 0.3 is 0 Å². The molecule has 1 aliphatic carbocycles. The van der Waals surface area contributed by atoms with E-state index in [1.54, 1.807) is 6.33 Å². The van der Waals surface area contributed by atoms with Gasteiger partial charge in [-0.1, -0.05) is 6.42 Å². The highest BCUT2D eigenvalue weighted by Gasteiger charge is 2.33. The maximum absolute atomic E-state index is 5.98. The van der Waals surface area contributed by atoms with Crippen molar-refractivity contribution in [1.29, 1.82) is 0 Å². The zero-order valence-corrected chi connectivity index (χ0v) is 10.8. The molecular weight excluding hydrogens is 224 g/mol. The molecule has 18 heavy (non-hydrogen) atoms. The van der Waals surface area contributed by atoms with Crippen LogP contribution in [0.1, 0.15) is 37.4 Å². The van der Waals surface area contributed by atoms with E-state index in [0.29, 0.717) is 6.54 Å². The average molecular weight is 246 g/mol. The molecule has 2 fully saturated rings. The molecule has 3 rings (SSSR count). The van der Waals surface area contributed by atoms with E-state index in [1.807, 2.05) is 12.3 Å². The first kappa shape index (κ1) is 12.1. The molecule has 3 atom stereocenters. The molecule has 4 heteroatoms. The van der Waals surface area contributed by atoms with E-state index in [-0.39, 0.29) is 6.04 Å². The highest BCUT2D eigenvalue weighted by molar-refractivity contribution is 5.06. The van der Waals surface area contributed by atoms with Gasteiger partial charge < -0.3 is 5.73 Å². The van der Waals surface area contributed by atoms with Gasteiger partial charge in [-0.2, -0.15) is 0 Å². The summed E-state index contributed by atoms with van der Waals surface area (Å²) >= 11 is 0. The van der Waals surface area contributed by atoms with Gasteiger partial charge in [0.25, 0.3) is 0 Å². The standard InChI is InChI=1S/C14H22N4/c15-7-14(13-4-5-16-10-17-13)18-8-11-2-1-3-12(6-11)9-18/h4-5,10-12,14H,1-3,6-9,15H2. The summed E-state index contributed by atoms with van der Waals surface area (Å²) in [5, 5.41) is 0. The van der Waals surface area contributed by atoms with E-state index < -0.39 is 0 Å². The first-order valence-corrected chi connectivity index (χ1v) is 7.07. The van der Waals surface area contributed by atoms with Crippen LogP contribution in [0.3, 0.4) is 0 Å². The molecule has 4 nitrogen and oxygen atoms in total. The van der Waals surface area contributed by atoms with Gasteiger partial charge in [-0.15, -0.1) is 0 Å². The van der Waals surface area contributed by atoms with E-state index >= 15 is 0 Å². The minimum atomic E-state index is 0.274. The summed E-state index contributed by atoms with van der Waals surface area (Å²) in [5.41, 5.74) is 7.06. The minimum absolute atomic E-state index is 0.274. The highest BCUT2D eigenvalue weighted by Crippen LogP contribution is 2.37. The molecule has 2 aliphatic rings. The second-order valence-corrected chi connectivity index (χ2v) is 5.74. The predicted octanol–water partition coefficient (Wildman–Crippen LogP) is 1.60. The lowest BCUT2D eigenvalue weighted by atomic mass is 9.77. The fourth-order valence-corrected chi connectivity index (χ4v) is 3.68. The van der Waals surface area contributed by atoms with Crippen LogP contribution in [0, 0.1) is 11.8 Å². The minimum Gasteiger partial charge on any atom is -0.329 e. The fraction of sp³-hybridized carbons (Fsp3) is 0.714. The summed E-state index contributed by atoms with van der Waals surface area (Å²) < 4.78 is 0. The second-order valence-electron chi connectivity index (χ2n) is 5.74. The lowest BCUT2D eigenvalue weighted by Crippen LogP contribution is -2.46. The van der Waals surface area contributed by atoms with Crippen molar-refractivity contribution in [2.45, 2.75) is 31.7 Å². The third-order valence-electron chi connectivity index (χ3n) is 4.49. The monoisotopic (exact) mass is 246 g/mol. The van der Waals surface area contributed by atoms with Gasteiger partial charge in [-0.25, -0.2) is 9.97 Å². The Labute approximate surface area is 109 Å². The molecule has 0 radical (unpaired) electrons. The van der Waals surface area contributed by atoms with E-state index in [1.165, 1.54) is 38.8 Å². The zero-order chi connectivity index (χ0) is 12.4. The van der Waals surface area contributed by atoms with Crippen LogP contribution in [0.4, 0.5) is 0 Å². The van der Waals surface area contributed by atoms with Gasteiger partial charge in [0.15, 0.2) is 0 Å².